The molecule has 1 aromatic carbocycles. The topological polar surface area (TPSA) is 143 Å². The van der Waals surface area contributed by atoms with Gasteiger partial charge in [-0.15, -0.1) is 12.4 Å². The van der Waals surface area contributed by atoms with E-state index in [1.807, 2.05) is 6.07 Å². The monoisotopic (exact) mass is 572 g/mol. The van der Waals surface area contributed by atoms with E-state index in [1.165, 1.54) is 22.1 Å². The number of piperazine rings is 1. The standard InChI is InChI=1S/C28H40N8O3.ClH/c1-28(2,30)25(37)33-11-13-34(14-12-33)26(38)31-24-8-10-36(27(39)32-24)23-6-4-20-15-22(5-3-21(20)16-23)35-9-7-19(17-29)18-35;/h4,6,8,10,16,19,22H,3,5,7,9,11-15,17-18,29-30H2,1-2H3,(H,31,32,38,39);1H. The number of benzene rings is 1. The van der Waals surface area contributed by atoms with Gasteiger partial charge in [0.25, 0.3) is 0 Å². The molecule has 3 amide bonds. The number of aryl methyl sites for hydroxylation is 1. The van der Waals surface area contributed by atoms with E-state index in [1.54, 1.807) is 35.9 Å². The van der Waals surface area contributed by atoms with Crippen LogP contribution in [0.25, 0.3) is 5.69 Å². The zero-order valence-corrected chi connectivity index (χ0v) is 24.2. The van der Waals surface area contributed by atoms with Gasteiger partial charge in [-0.2, -0.15) is 4.98 Å². The summed E-state index contributed by atoms with van der Waals surface area (Å²) in [4.78, 5) is 48.0. The minimum atomic E-state index is -0.943. The van der Waals surface area contributed by atoms with E-state index in [-0.39, 0.29) is 30.2 Å². The van der Waals surface area contributed by atoms with Crippen LogP contribution in [0.3, 0.4) is 0 Å². The van der Waals surface area contributed by atoms with Gasteiger partial charge < -0.3 is 21.3 Å². The molecule has 2 saturated heterocycles. The Balaban J connectivity index is 0.00000370. The van der Waals surface area contributed by atoms with Crippen molar-refractivity contribution < 1.29 is 9.59 Å². The number of aromatic nitrogens is 2. The Labute approximate surface area is 241 Å². The molecule has 0 radical (unpaired) electrons. The van der Waals surface area contributed by atoms with Gasteiger partial charge in [0.15, 0.2) is 0 Å². The fraction of sp³-hybridized carbons (Fsp3) is 0.571. The van der Waals surface area contributed by atoms with Gasteiger partial charge in [-0.3, -0.25) is 19.6 Å². The maximum absolute atomic E-state index is 12.9. The third kappa shape index (κ3) is 6.49. The summed E-state index contributed by atoms with van der Waals surface area (Å²) in [7, 11) is 0. The van der Waals surface area contributed by atoms with Crippen LogP contribution < -0.4 is 22.5 Å². The van der Waals surface area contributed by atoms with Gasteiger partial charge in [0, 0.05) is 45.0 Å². The summed E-state index contributed by atoms with van der Waals surface area (Å²) < 4.78 is 1.51. The minimum absolute atomic E-state index is 0. The molecule has 1 aliphatic carbocycles. The number of carbonyl (C=O) groups is 2. The lowest BCUT2D eigenvalue weighted by molar-refractivity contribution is -0.137. The number of rotatable bonds is 5. The summed E-state index contributed by atoms with van der Waals surface area (Å²) in [5.74, 6) is 0.679. The SMILES string of the molecule is CC(C)(N)C(=O)N1CCN(C(=O)Nc2ccn(-c3ccc4c(c3)CCC(N3CCC(CN)C3)C4)c(=O)n2)CC1.Cl. The van der Waals surface area contributed by atoms with Crippen molar-refractivity contribution in [2.24, 2.45) is 17.4 Å². The predicted octanol–water partition coefficient (Wildman–Crippen LogP) is 1.21. The Hall–Kier alpha value is -2.99. The second-order valence-corrected chi connectivity index (χ2v) is 11.6. The summed E-state index contributed by atoms with van der Waals surface area (Å²) >= 11 is 0. The lowest BCUT2D eigenvalue weighted by Gasteiger charge is -2.37. The molecule has 40 heavy (non-hydrogen) atoms. The van der Waals surface area contributed by atoms with E-state index in [2.05, 4.69) is 27.3 Å². The molecule has 5 rings (SSSR count). The number of urea groups is 1. The van der Waals surface area contributed by atoms with E-state index in [0.717, 1.165) is 44.6 Å². The smallest absolute Gasteiger partial charge is 0.338 e. The number of fused-ring (bicyclic) bond motifs is 1. The first-order valence-electron chi connectivity index (χ1n) is 13.9. The first-order valence-corrected chi connectivity index (χ1v) is 13.9. The van der Waals surface area contributed by atoms with Crippen molar-refractivity contribution in [3.63, 3.8) is 0 Å². The van der Waals surface area contributed by atoms with Gasteiger partial charge in [-0.1, -0.05) is 6.07 Å². The molecular formula is C28H41ClN8O3. The summed E-state index contributed by atoms with van der Waals surface area (Å²) in [6, 6.07) is 8.03. The molecule has 11 nitrogen and oxygen atoms in total. The maximum atomic E-state index is 12.9. The minimum Gasteiger partial charge on any atom is -0.338 e. The number of carbonyl (C=O) groups excluding carboxylic acids is 2. The third-order valence-corrected chi connectivity index (χ3v) is 8.28. The zero-order chi connectivity index (χ0) is 27.7. The van der Waals surface area contributed by atoms with Crippen molar-refractivity contribution in [3.8, 4) is 5.69 Å². The average molecular weight is 573 g/mol. The highest BCUT2D eigenvalue weighted by molar-refractivity contribution is 5.89. The third-order valence-electron chi connectivity index (χ3n) is 8.28. The summed E-state index contributed by atoms with van der Waals surface area (Å²) in [5.41, 5.74) is 13.8. The number of hydrogen-bond acceptors (Lipinski definition) is 7. The number of amides is 3. The van der Waals surface area contributed by atoms with E-state index in [4.69, 9.17) is 11.5 Å². The van der Waals surface area contributed by atoms with E-state index in [9.17, 15) is 14.4 Å². The number of nitrogens with one attached hydrogen (secondary N) is 1. The van der Waals surface area contributed by atoms with Crippen LogP contribution in [0, 0.1) is 5.92 Å². The molecule has 2 fully saturated rings. The highest BCUT2D eigenvalue weighted by Crippen LogP contribution is 2.29. The summed E-state index contributed by atoms with van der Waals surface area (Å²) in [6.07, 6.45) is 5.96. The highest BCUT2D eigenvalue weighted by Gasteiger charge is 2.32. The molecule has 218 valence electrons. The highest BCUT2D eigenvalue weighted by atomic mass is 35.5. The number of anilines is 1. The zero-order valence-electron chi connectivity index (χ0n) is 23.3. The van der Waals surface area contributed by atoms with Crippen molar-refractivity contribution in [3.05, 3.63) is 52.1 Å². The van der Waals surface area contributed by atoms with Crippen LogP contribution in [0.4, 0.5) is 10.6 Å². The predicted molar refractivity (Wildman–Crippen MR) is 157 cm³/mol. The molecule has 12 heteroatoms. The van der Waals surface area contributed by atoms with Gasteiger partial charge >= 0.3 is 11.7 Å². The number of nitrogens with two attached hydrogens (primary N) is 2. The van der Waals surface area contributed by atoms with Crippen LogP contribution in [0.5, 0.6) is 0 Å². The molecule has 0 spiro atoms. The average Bonchev–Trinajstić information content (AvgIpc) is 3.41. The van der Waals surface area contributed by atoms with E-state index < -0.39 is 11.2 Å². The molecule has 0 bridgehead atoms. The second-order valence-electron chi connectivity index (χ2n) is 11.6. The Bertz CT molecular complexity index is 1290. The van der Waals surface area contributed by atoms with Gasteiger partial charge in [-0.05, 0) is 87.9 Å². The van der Waals surface area contributed by atoms with Crippen LogP contribution in [0.2, 0.25) is 0 Å². The normalized spacial score (nSPS) is 21.5. The van der Waals surface area contributed by atoms with Crippen LogP contribution >= 0.6 is 12.4 Å². The maximum Gasteiger partial charge on any atom is 0.354 e. The fourth-order valence-electron chi connectivity index (χ4n) is 5.95. The molecule has 3 aliphatic rings. The summed E-state index contributed by atoms with van der Waals surface area (Å²) in [5, 5.41) is 2.72. The Morgan fingerprint density at radius 3 is 2.42 bits per heavy atom. The van der Waals surface area contributed by atoms with E-state index >= 15 is 0 Å². The van der Waals surface area contributed by atoms with Crippen molar-refractivity contribution in [1.29, 1.82) is 0 Å². The van der Waals surface area contributed by atoms with Crippen LogP contribution in [-0.4, -0.2) is 93.6 Å². The fourth-order valence-corrected chi connectivity index (χ4v) is 5.95. The molecule has 3 heterocycles. The van der Waals surface area contributed by atoms with Gasteiger partial charge in [0.2, 0.25) is 5.91 Å². The largest absolute Gasteiger partial charge is 0.354 e. The molecule has 2 unspecified atom stereocenters. The molecule has 0 saturated carbocycles. The molecular weight excluding hydrogens is 532 g/mol. The molecule has 2 aliphatic heterocycles. The molecule has 1 aromatic heterocycles. The van der Waals surface area contributed by atoms with Crippen molar-refractivity contribution in [1.82, 2.24) is 24.3 Å². The molecule has 2 aromatic rings. The molecule has 2 atom stereocenters. The number of likely N-dealkylation sites (tertiary alicyclic amines) is 1. The van der Waals surface area contributed by atoms with Gasteiger partial charge in [-0.25, -0.2) is 9.59 Å². The lowest BCUT2D eigenvalue weighted by Crippen LogP contribution is -2.58. The van der Waals surface area contributed by atoms with Crippen molar-refractivity contribution in [2.75, 3.05) is 51.1 Å². The Morgan fingerprint density at radius 1 is 1.05 bits per heavy atom. The number of halogens is 1. The Kier molecular flexibility index (Phi) is 9.19. The quantitative estimate of drug-likeness (QED) is 0.488. The van der Waals surface area contributed by atoms with Gasteiger partial charge in [0.05, 0.1) is 11.2 Å². The van der Waals surface area contributed by atoms with Crippen molar-refractivity contribution in [2.45, 2.75) is 51.1 Å². The van der Waals surface area contributed by atoms with Crippen LogP contribution in [-0.2, 0) is 17.6 Å². The second kappa shape index (κ2) is 12.3. The molecule has 5 N–H and O–H groups in total. The Morgan fingerprint density at radius 2 is 1.77 bits per heavy atom. The van der Waals surface area contributed by atoms with Gasteiger partial charge in [0.1, 0.15) is 5.82 Å². The number of hydrogen-bond donors (Lipinski definition) is 3. The lowest BCUT2D eigenvalue weighted by atomic mass is 9.87. The van der Waals surface area contributed by atoms with Crippen LogP contribution in [0.15, 0.2) is 35.3 Å². The van der Waals surface area contributed by atoms with Crippen molar-refractivity contribution >= 4 is 30.2 Å². The first kappa shape index (κ1) is 30.0. The number of nitrogens with zero attached hydrogens (tertiary/aromatic N) is 5. The summed E-state index contributed by atoms with van der Waals surface area (Å²) in [6.45, 7) is 7.93. The van der Waals surface area contributed by atoms with Crippen LogP contribution in [0.1, 0.15) is 37.8 Å². The van der Waals surface area contributed by atoms with E-state index in [0.29, 0.717) is 38.1 Å². The first-order chi connectivity index (χ1) is 18.6.